The van der Waals surface area contributed by atoms with Crippen molar-refractivity contribution in [2.45, 2.75) is 39.7 Å². The van der Waals surface area contributed by atoms with Crippen LogP contribution in [0.4, 0.5) is 0 Å². The molecule has 1 saturated heterocycles. The summed E-state index contributed by atoms with van der Waals surface area (Å²) < 4.78 is 5.37. The van der Waals surface area contributed by atoms with E-state index in [1.165, 1.54) is 0 Å². The molecule has 1 amide bonds. The molecule has 0 aromatic heterocycles. The Balaban J connectivity index is 2.45. The summed E-state index contributed by atoms with van der Waals surface area (Å²) in [5.74, 6) is -1.44. The third kappa shape index (κ3) is 6.01. The summed E-state index contributed by atoms with van der Waals surface area (Å²) in [6.45, 7) is 8.00. The van der Waals surface area contributed by atoms with Crippen molar-refractivity contribution in [1.82, 2.24) is 10.6 Å². The summed E-state index contributed by atoms with van der Waals surface area (Å²) in [5.41, 5.74) is 0. The number of amides is 1. The summed E-state index contributed by atoms with van der Waals surface area (Å²) >= 11 is 0. The lowest BCUT2D eigenvalue weighted by molar-refractivity contribution is -0.142. The van der Waals surface area contributed by atoms with Crippen LogP contribution in [-0.2, 0) is 14.3 Å². The number of hydrogen-bond acceptors (Lipinski definition) is 4. The van der Waals surface area contributed by atoms with Gasteiger partial charge in [0.2, 0.25) is 5.91 Å². The largest absolute Gasteiger partial charge is 0.481 e. The maximum atomic E-state index is 12.2. The molecular weight excluding hydrogens is 272 g/mol. The Hall–Kier alpha value is -1.14. The molecule has 0 radical (unpaired) electrons. The fourth-order valence-corrected chi connectivity index (χ4v) is 2.54. The molecule has 0 aromatic carbocycles. The van der Waals surface area contributed by atoms with Crippen LogP contribution in [0.25, 0.3) is 0 Å². The topological polar surface area (TPSA) is 87.7 Å². The molecule has 6 heteroatoms. The zero-order valence-corrected chi connectivity index (χ0v) is 13.2. The van der Waals surface area contributed by atoms with Crippen LogP contribution in [0.3, 0.4) is 0 Å². The van der Waals surface area contributed by atoms with Gasteiger partial charge in [-0.25, -0.2) is 0 Å². The number of rotatable bonds is 9. The Bertz CT molecular complexity index is 347. The third-order valence-electron chi connectivity index (χ3n) is 3.70. The summed E-state index contributed by atoms with van der Waals surface area (Å²) in [6.07, 6.45) is 1.56. The van der Waals surface area contributed by atoms with Gasteiger partial charge in [-0.05, 0) is 25.3 Å². The molecule has 21 heavy (non-hydrogen) atoms. The first-order chi connectivity index (χ1) is 9.95. The number of nitrogens with one attached hydrogen (secondary N) is 2. The molecule has 122 valence electrons. The second-order valence-corrected chi connectivity index (χ2v) is 6.11. The Labute approximate surface area is 126 Å². The van der Waals surface area contributed by atoms with Gasteiger partial charge in [-0.15, -0.1) is 0 Å². The minimum absolute atomic E-state index is 0.0262. The molecule has 1 heterocycles. The van der Waals surface area contributed by atoms with E-state index in [0.29, 0.717) is 19.6 Å². The highest BCUT2D eigenvalue weighted by Gasteiger charge is 2.34. The van der Waals surface area contributed by atoms with Crippen LogP contribution in [0.5, 0.6) is 0 Å². The standard InChI is InChI=1S/C15H28N2O4/c1-4-5-16-13-9-21-8-12(13)14(18)17-7-11(15(19)20)6-10(2)3/h10-13,16H,4-9H2,1-3H3,(H,17,18)(H,19,20). The molecule has 1 aliphatic heterocycles. The van der Waals surface area contributed by atoms with Crippen molar-refractivity contribution in [2.24, 2.45) is 17.8 Å². The lowest BCUT2D eigenvalue weighted by atomic mass is 9.96. The zero-order valence-electron chi connectivity index (χ0n) is 13.2. The summed E-state index contributed by atoms with van der Waals surface area (Å²) in [5, 5.41) is 15.3. The van der Waals surface area contributed by atoms with Gasteiger partial charge in [-0.2, -0.15) is 0 Å². The van der Waals surface area contributed by atoms with Gasteiger partial charge in [-0.3, -0.25) is 9.59 Å². The highest BCUT2D eigenvalue weighted by Crippen LogP contribution is 2.15. The van der Waals surface area contributed by atoms with E-state index in [0.717, 1.165) is 13.0 Å². The molecule has 1 aliphatic rings. The van der Waals surface area contributed by atoms with Crippen LogP contribution in [0.15, 0.2) is 0 Å². The van der Waals surface area contributed by atoms with Gasteiger partial charge >= 0.3 is 5.97 Å². The molecule has 3 N–H and O–H groups in total. The van der Waals surface area contributed by atoms with Gasteiger partial charge in [0, 0.05) is 12.6 Å². The van der Waals surface area contributed by atoms with Gasteiger partial charge in [0.25, 0.3) is 0 Å². The number of hydrogen-bond donors (Lipinski definition) is 3. The lowest BCUT2D eigenvalue weighted by Crippen LogP contribution is -2.45. The number of carboxylic acids is 1. The van der Waals surface area contributed by atoms with Gasteiger partial charge in [0.15, 0.2) is 0 Å². The molecule has 0 spiro atoms. The predicted octanol–water partition coefficient (Wildman–Crippen LogP) is 0.864. The molecule has 6 nitrogen and oxygen atoms in total. The molecular formula is C15H28N2O4. The Morgan fingerprint density at radius 2 is 2.05 bits per heavy atom. The number of ether oxygens (including phenoxy) is 1. The number of carbonyl (C=O) groups excluding carboxylic acids is 1. The average molecular weight is 300 g/mol. The molecule has 0 aliphatic carbocycles. The zero-order chi connectivity index (χ0) is 15.8. The fraction of sp³-hybridized carbons (Fsp3) is 0.867. The normalized spacial score (nSPS) is 23.2. The number of carboxylic acid groups (broad SMARTS) is 1. The third-order valence-corrected chi connectivity index (χ3v) is 3.70. The van der Waals surface area contributed by atoms with Crippen LogP contribution in [0.1, 0.15) is 33.6 Å². The molecule has 0 saturated carbocycles. The van der Waals surface area contributed by atoms with Crippen LogP contribution in [0, 0.1) is 17.8 Å². The van der Waals surface area contributed by atoms with Crippen molar-refractivity contribution in [2.75, 3.05) is 26.3 Å². The molecule has 1 fully saturated rings. The average Bonchev–Trinajstić information content (AvgIpc) is 2.88. The van der Waals surface area contributed by atoms with E-state index in [1.807, 2.05) is 13.8 Å². The van der Waals surface area contributed by atoms with E-state index in [4.69, 9.17) is 4.74 Å². The van der Waals surface area contributed by atoms with Crippen molar-refractivity contribution in [3.63, 3.8) is 0 Å². The second kappa shape index (κ2) is 9.00. The van der Waals surface area contributed by atoms with Crippen LogP contribution >= 0.6 is 0 Å². The Kier molecular flexibility index (Phi) is 7.67. The lowest BCUT2D eigenvalue weighted by Gasteiger charge is -2.20. The summed E-state index contributed by atoms with van der Waals surface area (Å²) in [7, 11) is 0. The highest BCUT2D eigenvalue weighted by molar-refractivity contribution is 5.80. The van der Waals surface area contributed by atoms with E-state index in [1.54, 1.807) is 0 Å². The fourth-order valence-electron chi connectivity index (χ4n) is 2.54. The van der Waals surface area contributed by atoms with Gasteiger partial charge in [0.05, 0.1) is 25.0 Å². The minimum atomic E-state index is -0.854. The Morgan fingerprint density at radius 1 is 1.33 bits per heavy atom. The predicted molar refractivity (Wildman–Crippen MR) is 80.0 cm³/mol. The highest BCUT2D eigenvalue weighted by atomic mass is 16.5. The van der Waals surface area contributed by atoms with Crippen molar-refractivity contribution >= 4 is 11.9 Å². The van der Waals surface area contributed by atoms with Gasteiger partial charge in [0.1, 0.15) is 0 Å². The summed E-state index contributed by atoms with van der Waals surface area (Å²) in [6, 6.07) is 0.0262. The van der Waals surface area contributed by atoms with E-state index in [-0.39, 0.29) is 30.3 Å². The van der Waals surface area contributed by atoms with Crippen molar-refractivity contribution < 1.29 is 19.4 Å². The molecule has 1 rings (SSSR count). The van der Waals surface area contributed by atoms with Gasteiger partial charge < -0.3 is 20.5 Å². The van der Waals surface area contributed by atoms with Crippen molar-refractivity contribution in [1.29, 1.82) is 0 Å². The quantitative estimate of drug-likeness (QED) is 0.588. The molecule has 3 unspecified atom stereocenters. The van der Waals surface area contributed by atoms with Crippen molar-refractivity contribution in [3.05, 3.63) is 0 Å². The van der Waals surface area contributed by atoms with Crippen LogP contribution < -0.4 is 10.6 Å². The van der Waals surface area contributed by atoms with E-state index >= 15 is 0 Å². The minimum Gasteiger partial charge on any atom is -0.481 e. The smallest absolute Gasteiger partial charge is 0.308 e. The monoisotopic (exact) mass is 300 g/mol. The second-order valence-electron chi connectivity index (χ2n) is 6.11. The number of carbonyl (C=O) groups is 2. The van der Waals surface area contributed by atoms with Gasteiger partial charge in [-0.1, -0.05) is 20.8 Å². The van der Waals surface area contributed by atoms with Crippen LogP contribution in [-0.4, -0.2) is 49.3 Å². The van der Waals surface area contributed by atoms with E-state index in [9.17, 15) is 14.7 Å². The maximum Gasteiger partial charge on any atom is 0.308 e. The molecule has 3 atom stereocenters. The molecule has 0 bridgehead atoms. The maximum absolute atomic E-state index is 12.2. The van der Waals surface area contributed by atoms with Crippen molar-refractivity contribution in [3.8, 4) is 0 Å². The van der Waals surface area contributed by atoms with E-state index < -0.39 is 11.9 Å². The van der Waals surface area contributed by atoms with Crippen LogP contribution in [0.2, 0.25) is 0 Å². The Morgan fingerprint density at radius 3 is 2.62 bits per heavy atom. The first-order valence-corrected chi connectivity index (χ1v) is 7.77. The SMILES string of the molecule is CCCNC1COCC1C(=O)NCC(CC(C)C)C(=O)O. The summed E-state index contributed by atoms with van der Waals surface area (Å²) in [4.78, 5) is 23.4. The first kappa shape index (κ1) is 17.9. The molecule has 0 aromatic rings. The number of aliphatic carboxylic acids is 1. The van der Waals surface area contributed by atoms with E-state index in [2.05, 4.69) is 17.6 Å². The first-order valence-electron chi connectivity index (χ1n) is 7.77.